The Morgan fingerprint density at radius 3 is 2.46 bits per heavy atom. The van der Waals surface area contributed by atoms with Crippen LogP contribution in [0.3, 0.4) is 0 Å². The molecule has 0 unspecified atom stereocenters. The van der Waals surface area contributed by atoms with E-state index in [0.717, 1.165) is 16.3 Å². The third-order valence-corrected chi connectivity index (χ3v) is 5.39. The number of amides is 1. The van der Waals surface area contributed by atoms with E-state index in [4.69, 9.17) is 4.74 Å². The lowest BCUT2D eigenvalue weighted by molar-refractivity contribution is -0.124. The molecule has 28 heavy (non-hydrogen) atoms. The lowest BCUT2D eigenvalue weighted by Crippen LogP contribution is -2.31. The molecule has 0 spiro atoms. The standard InChI is InChI=1S/C22H21NO4S/c1-15(17-12-7-9-16-8-3-4-10-18(16)17)23-21(24)14-27-22(25)19-11-5-6-13-20(19)28(2)26/h3-13,15H,14H2,1-2H3,(H,23,24)/t15-,28-/m0/s1. The highest BCUT2D eigenvalue weighted by molar-refractivity contribution is 7.84. The summed E-state index contributed by atoms with van der Waals surface area (Å²) in [6, 6.07) is 20.1. The third-order valence-electron chi connectivity index (χ3n) is 4.42. The molecule has 1 amide bonds. The van der Waals surface area contributed by atoms with Crippen LogP contribution >= 0.6 is 0 Å². The molecule has 0 radical (unpaired) electrons. The van der Waals surface area contributed by atoms with Crippen LogP contribution in [0.1, 0.15) is 28.9 Å². The molecule has 0 saturated heterocycles. The SMILES string of the molecule is C[C@H](NC(=O)COC(=O)c1ccccc1[S@](C)=O)c1cccc2ccccc12. The first-order chi connectivity index (χ1) is 13.5. The molecular formula is C22H21NO4S. The summed E-state index contributed by atoms with van der Waals surface area (Å²) < 4.78 is 16.9. The number of ether oxygens (including phenoxy) is 1. The summed E-state index contributed by atoms with van der Waals surface area (Å²) in [5, 5.41) is 5.01. The Balaban J connectivity index is 1.64. The van der Waals surface area contributed by atoms with Crippen LogP contribution in [-0.4, -0.2) is 28.9 Å². The zero-order valence-electron chi connectivity index (χ0n) is 15.7. The van der Waals surface area contributed by atoms with E-state index < -0.39 is 29.3 Å². The zero-order valence-corrected chi connectivity index (χ0v) is 16.5. The molecule has 0 heterocycles. The average molecular weight is 395 g/mol. The minimum Gasteiger partial charge on any atom is -0.452 e. The summed E-state index contributed by atoms with van der Waals surface area (Å²) in [6.07, 6.45) is 1.49. The van der Waals surface area contributed by atoms with Gasteiger partial charge in [-0.05, 0) is 35.4 Å². The van der Waals surface area contributed by atoms with E-state index in [0.29, 0.717) is 4.90 Å². The quantitative estimate of drug-likeness (QED) is 0.647. The molecule has 0 aliphatic carbocycles. The molecule has 0 bridgehead atoms. The smallest absolute Gasteiger partial charge is 0.339 e. The summed E-state index contributed by atoms with van der Waals surface area (Å²) in [6.45, 7) is 1.48. The fourth-order valence-corrected chi connectivity index (χ4v) is 3.82. The third kappa shape index (κ3) is 4.46. The average Bonchev–Trinajstić information content (AvgIpc) is 2.71. The maximum absolute atomic E-state index is 12.3. The molecule has 0 fully saturated rings. The first-order valence-corrected chi connectivity index (χ1v) is 10.4. The lowest BCUT2D eigenvalue weighted by atomic mass is 10.00. The van der Waals surface area contributed by atoms with Gasteiger partial charge >= 0.3 is 5.97 Å². The van der Waals surface area contributed by atoms with Crippen LogP contribution in [0.2, 0.25) is 0 Å². The van der Waals surface area contributed by atoms with Crippen LogP contribution < -0.4 is 5.32 Å². The summed E-state index contributed by atoms with van der Waals surface area (Å²) in [4.78, 5) is 24.9. The number of hydrogen-bond donors (Lipinski definition) is 1. The van der Waals surface area contributed by atoms with Crippen LogP contribution in [0.15, 0.2) is 71.6 Å². The number of carbonyl (C=O) groups is 2. The van der Waals surface area contributed by atoms with Crippen molar-refractivity contribution in [3.63, 3.8) is 0 Å². The second kappa shape index (κ2) is 8.80. The van der Waals surface area contributed by atoms with Crippen LogP contribution in [0.4, 0.5) is 0 Å². The van der Waals surface area contributed by atoms with Gasteiger partial charge in [0.1, 0.15) is 0 Å². The second-order valence-electron chi connectivity index (χ2n) is 6.38. The molecule has 0 aliphatic heterocycles. The van der Waals surface area contributed by atoms with E-state index in [1.54, 1.807) is 18.2 Å². The number of benzene rings is 3. The van der Waals surface area contributed by atoms with E-state index in [1.165, 1.54) is 12.3 Å². The highest BCUT2D eigenvalue weighted by Crippen LogP contribution is 2.24. The van der Waals surface area contributed by atoms with Crippen molar-refractivity contribution in [3.8, 4) is 0 Å². The van der Waals surface area contributed by atoms with Crippen molar-refractivity contribution >= 4 is 33.4 Å². The summed E-state index contributed by atoms with van der Waals surface area (Å²) in [5.41, 5.74) is 1.20. The van der Waals surface area contributed by atoms with Gasteiger partial charge in [-0.15, -0.1) is 0 Å². The number of esters is 1. The number of fused-ring (bicyclic) bond motifs is 1. The first kappa shape index (κ1) is 19.8. The largest absolute Gasteiger partial charge is 0.452 e. The Kier molecular flexibility index (Phi) is 6.21. The Hall–Kier alpha value is -2.99. The molecule has 3 aromatic carbocycles. The Bertz CT molecular complexity index is 1040. The van der Waals surface area contributed by atoms with Crippen molar-refractivity contribution in [3.05, 3.63) is 77.9 Å². The van der Waals surface area contributed by atoms with Gasteiger partial charge in [0, 0.05) is 6.26 Å². The van der Waals surface area contributed by atoms with Crippen molar-refractivity contribution in [1.82, 2.24) is 5.32 Å². The maximum Gasteiger partial charge on any atom is 0.339 e. The van der Waals surface area contributed by atoms with Crippen molar-refractivity contribution < 1.29 is 18.5 Å². The minimum absolute atomic E-state index is 0.207. The van der Waals surface area contributed by atoms with E-state index in [-0.39, 0.29) is 11.6 Å². The van der Waals surface area contributed by atoms with E-state index >= 15 is 0 Å². The fraction of sp³-hybridized carbons (Fsp3) is 0.182. The molecule has 3 rings (SSSR count). The summed E-state index contributed by atoms with van der Waals surface area (Å²) in [5.74, 6) is -1.07. The molecule has 0 aliphatic rings. The molecule has 2 atom stereocenters. The van der Waals surface area contributed by atoms with Gasteiger partial charge < -0.3 is 10.1 Å². The molecule has 1 N–H and O–H groups in total. The van der Waals surface area contributed by atoms with Crippen LogP contribution in [0, 0.1) is 0 Å². The fourth-order valence-electron chi connectivity index (χ4n) is 3.08. The highest BCUT2D eigenvalue weighted by atomic mass is 32.2. The van der Waals surface area contributed by atoms with Crippen molar-refractivity contribution in [2.75, 3.05) is 12.9 Å². The van der Waals surface area contributed by atoms with Gasteiger partial charge in [0.05, 0.1) is 27.3 Å². The van der Waals surface area contributed by atoms with Crippen LogP contribution in [0.25, 0.3) is 10.8 Å². The molecule has 0 aromatic heterocycles. The number of hydrogen-bond acceptors (Lipinski definition) is 4. The Morgan fingerprint density at radius 1 is 1.00 bits per heavy atom. The molecule has 6 heteroatoms. The lowest BCUT2D eigenvalue weighted by Gasteiger charge is -2.17. The summed E-state index contributed by atoms with van der Waals surface area (Å²) in [7, 11) is -1.32. The van der Waals surface area contributed by atoms with Crippen molar-refractivity contribution in [2.45, 2.75) is 17.9 Å². The Morgan fingerprint density at radius 2 is 1.68 bits per heavy atom. The monoisotopic (exact) mass is 395 g/mol. The number of nitrogens with one attached hydrogen (secondary N) is 1. The predicted octanol–water partition coefficient (Wildman–Crippen LogP) is 3.61. The zero-order chi connectivity index (χ0) is 20.1. The minimum atomic E-state index is -1.32. The maximum atomic E-state index is 12.3. The van der Waals surface area contributed by atoms with Crippen LogP contribution in [-0.2, 0) is 20.3 Å². The van der Waals surface area contributed by atoms with Gasteiger partial charge in [0.15, 0.2) is 6.61 Å². The van der Waals surface area contributed by atoms with Crippen LogP contribution in [0.5, 0.6) is 0 Å². The molecular weight excluding hydrogens is 374 g/mol. The Labute approximate surface area is 166 Å². The van der Waals surface area contributed by atoms with Crippen molar-refractivity contribution in [1.29, 1.82) is 0 Å². The first-order valence-electron chi connectivity index (χ1n) is 8.84. The second-order valence-corrected chi connectivity index (χ2v) is 7.73. The van der Waals surface area contributed by atoms with Gasteiger partial charge in [-0.2, -0.15) is 0 Å². The number of carbonyl (C=O) groups excluding carboxylic acids is 2. The van der Waals surface area contributed by atoms with E-state index in [1.807, 2.05) is 49.4 Å². The predicted molar refractivity (Wildman–Crippen MR) is 110 cm³/mol. The van der Waals surface area contributed by atoms with Gasteiger partial charge in [-0.3, -0.25) is 9.00 Å². The summed E-state index contributed by atoms with van der Waals surface area (Å²) >= 11 is 0. The van der Waals surface area contributed by atoms with E-state index in [9.17, 15) is 13.8 Å². The molecule has 3 aromatic rings. The van der Waals surface area contributed by atoms with Gasteiger partial charge in [-0.1, -0.05) is 54.6 Å². The van der Waals surface area contributed by atoms with Gasteiger partial charge in [0.2, 0.25) is 0 Å². The molecule has 5 nitrogen and oxygen atoms in total. The van der Waals surface area contributed by atoms with E-state index in [2.05, 4.69) is 5.32 Å². The highest BCUT2D eigenvalue weighted by Gasteiger charge is 2.17. The normalized spacial score (nSPS) is 12.9. The molecule has 144 valence electrons. The molecule has 0 saturated carbocycles. The van der Waals surface area contributed by atoms with Gasteiger partial charge in [0.25, 0.3) is 5.91 Å². The number of rotatable bonds is 6. The topological polar surface area (TPSA) is 72.5 Å². The van der Waals surface area contributed by atoms with Crippen molar-refractivity contribution in [2.24, 2.45) is 0 Å². The van der Waals surface area contributed by atoms with Gasteiger partial charge in [-0.25, -0.2) is 4.79 Å².